The van der Waals surface area contributed by atoms with Crippen LogP contribution in [-0.2, 0) is 16.6 Å². The molecule has 20 heavy (non-hydrogen) atoms. The smallest absolute Gasteiger partial charge is 0.245 e. The molecule has 114 valence electrons. The standard InChI is InChI=1S/C13H20BrNO4S/c1-2-9-5-3-4-6-11(9)15-20(17,18)12-7-10(8-16)19-13(12)14/h7,9,11,15-16H,2-6,8H2,1H3. The highest BCUT2D eigenvalue weighted by atomic mass is 79.9. The van der Waals surface area contributed by atoms with E-state index in [9.17, 15) is 8.42 Å². The Morgan fingerprint density at radius 1 is 1.45 bits per heavy atom. The molecule has 7 heteroatoms. The lowest BCUT2D eigenvalue weighted by molar-refractivity contribution is 0.245. The van der Waals surface area contributed by atoms with Crippen LogP contribution in [0.3, 0.4) is 0 Å². The van der Waals surface area contributed by atoms with Gasteiger partial charge in [-0.25, -0.2) is 13.1 Å². The van der Waals surface area contributed by atoms with E-state index in [1.807, 2.05) is 0 Å². The van der Waals surface area contributed by atoms with E-state index in [1.54, 1.807) is 0 Å². The molecule has 1 saturated carbocycles. The van der Waals surface area contributed by atoms with Crippen LogP contribution >= 0.6 is 15.9 Å². The van der Waals surface area contributed by atoms with Crippen LogP contribution in [-0.4, -0.2) is 19.6 Å². The first kappa shape index (κ1) is 16.0. The molecule has 0 amide bonds. The number of nitrogens with one attached hydrogen (secondary N) is 1. The van der Waals surface area contributed by atoms with Gasteiger partial charge in [-0.05, 0) is 34.7 Å². The maximum atomic E-state index is 12.4. The summed E-state index contributed by atoms with van der Waals surface area (Å²) in [5.41, 5.74) is 0. The second kappa shape index (κ2) is 6.60. The summed E-state index contributed by atoms with van der Waals surface area (Å²) in [6, 6.07) is 1.34. The highest BCUT2D eigenvalue weighted by Crippen LogP contribution is 2.30. The maximum absolute atomic E-state index is 12.4. The Hall–Kier alpha value is -0.370. The fourth-order valence-electron chi connectivity index (χ4n) is 2.77. The second-order valence-electron chi connectivity index (χ2n) is 5.19. The van der Waals surface area contributed by atoms with Crippen LogP contribution < -0.4 is 4.72 Å². The largest absolute Gasteiger partial charge is 0.450 e. The van der Waals surface area contributed by atoms with Crippen LogP contribution in [0.15, 0.2) is 20.0 Å². The van der Waals surface area contributed by atoms with Crippen molar-refractivity contribution in [2.45, 2.75) is 56.6 Å². The van der Waals surface area contributed by atoms with Crippen molar-refractivity contribution < 1.29 is 17.9 Å². The molecular weight excluding hydrogens is 346 g/mol. The fraction of sp³-hybridized carbons (Fsp3) is 0.692. The van der Waals surface area contributed by atoms with Crippen LogP contribution in [0.2, 0.25) is 0 Å². The van der Waals surface area contributed by atoms with Crippen LogP contribution in [0, 0.1) is 5.92 Å². The lowest BCUT2D eigenvalue weighted by Gasteiger charge is -2.31. The fourth-order valence-corrected chi connectivity index (χ4v) is 5.11. The van der Waals surface area contributed by atoms with Gasteiger partial charge >= 0.3 is 0 Å². The van der Waals surface area contributed by atoms with Crippen molar-refractivity contribution in [2.75, 3.05) is 0 Å². The number of halogens is 1. The number of hydrogen-bond donors (Lipinski definition) is 2. The number of hydrogen-bond acceptors (Lipinski definition) is 4. The minimum absolute atomic E-state index is 0.0156. The summed E-state index contributed by atoms with van der Waals surface area (Å²) >= 11 is 3.09. The Bertz CT molecular complexity index is 555. The molecule has 2 unspecified atom stereocenters. The molecule has 0 aromatic carbocycles. The zero-order chi connectivity index (χ0) is 14.8. The zero-order valence-corrected chi connectivity index (χ0v) is 13.8. The minimum atomic E-state index is -3.62. The number of aliphatic hydroxyl groups is 1. The molecule has 0 bridgehead atoms. The Balaban J connectivity index is 2.19. The normalized spacial score (nSPS) is 23.9. The summed E-state index contributed by atoms with van der Waals surface area (Å²) in [5, 5.41) is 9.01. The Morgan fingerprint density at radius 2 is 2.15 bits per heavy atom. The lowest BCUT2D eigenvalue weighted by atomic mass is 9.83. The molecule has 0 spiro atoms. The Morgan fingerprint density at radius 3 is 2.75 bits per heavy atom. The average molecular weight is 366 g/mol. The number of aliphatic hydroxyl groups excluding tert-OH is 1. The molecule has 0 radical (unpaired) electrons. The van der Waals surface area contributed by atoms with Gasteiger partial charge in [-0.3, -0.25) is 0 Å². The van der Waals surface area contributed by atoms with Gasteiger partial charge in [0.25, 0.3) is 0 Å². The first-order valence-corrected chi connectivity index (χ1v) is 9.17. The van der Waals surface area contributed by atoms with Crippen molar-refractivity contribution in [1.82, 2.24) is 4.72 Å². The van der Waals surface area contributed by atoms with Gasteiger partial charge in [0.05, 0.1) is 0 Å². The molecule has 1 heterocycles. The quantitative estimate of drug-likeness (QED) is 0.840. The zero-order valence-electron chi connectivity index (χ0n) is 11.4. The van der Waals surface area contributed by atoms with Crippen molar-refractivity contribution in [2.24, 2.45) is 5.92 Å². The monoisotopic (exact) mass is 365 g/mol. The van der Waals surface area contributed by atoms with E-state index in [2.05, 4.69) is 27.6 Å². The third-order valence-electron chi connectivity index (χ3n) is 3.89. The third-order valence-corrected chi connectivity index (χ3v) is 6.24. The first-order valence-electron chi connectivity index (χ1n) is 6.89. The first-order chi connectivity index (χ1) is 9.47. The predicted molar refractivity (Wildman–Crippen MR) is 78.7 cm³/mol. The Kier molecular flexibility index (Phi) is 5.28. The molecule has 1 fully saturated rings. The van der Waals surface area contributed by atoms with Crippen molar-refractivity contribution in [1.29, 1.82) is 0 Å². The topological polar surface area (TPSA) is 79.5 Å². The van der Waals surface area contributed by atoms with E-state index in [4.69, 9.17) is 9.52 Å². The molecule has 2 N–H and O–H groups in total. The van der Waals surface area contributed by atoms with Gasteiger partial charge < -0.3 is 9.52 Å². The van der Waals surface area contributed by atoms with Crippen LogP contribution in [0.5, 0.6) is 0 Å². The number of rotatable bonds is 5. The van der Waals surface area contributed by atoms with Crippen molar-refractivity contribution in [3.63, 3.8) is 0 Å². The molecule has 0 aliphatic heterocycles. The van der Waals surface area contributed by atoms with Crippen LogP contribution in [0.4, 0.5) is 0 Å². The summed E-state index contributed by atoms with van der Waals surface area (Å²) < 4.78 is 32.9. The number of furan rings is 1. The summed E-state index contributed by atoms with van der Waals surface area (Å²) in [7, 11) is -3.62. The van der Waals surface area contributed by atoms with Crippen molar-refractivity contribution >= 4 is 26.0 Å². The van der Waals surface area contributed by atoms with Crippen molar-refractivity contribution in [3.8, 4) is 0 Å². The molecule has 2 atom stereocenters. The summed E-state index contributed by atoms with van der Waals surface area (Å²) in [5.74, 6) is 0.620. The molecule has 2 rings (SSSR count). The van der Waals surface area contributed by atoms with E-state index in [-0.39, 0.29) is 28.0 Å². The third kappa shape index (κ3) is 3.44. The van der Waals surface area contributed by atoms with Crippen LogP contribution in [0.1, 0.15) is 44.8 Å². The molecule has 1 aromatic rings. The molecular formula is C13H20BrNO4S. The second-order valence-corrected chi connectivity index (χ2v) is 7.59. The lowest BCUT2D eigenvalue weighted by Crippen LogP contribution is -2.41. The van der Waals surface area contributed by atoms with E-state index in [1.165, 1.54) is 12.5 Å². The van der Waals surface area contributed by atoms with Gasteiger partial charge in [0.15, 0.2) is 4.67 Å². The molecule has 1 aromatic heterocycles. The maximum Gasteiger partial charge on any atom is 0.245 e. The summed E-state index contributed by atoms with van der Waals surface area (Å²) in [4.78, 5) is 0.0574. The van der Waals surface area contributed by atoms with Gasteiger partial charge in [-0.15, -0.1) is 0 Å². The van der Waals surface area contributed by atoms with Gasteiger partial charge in [-0.1, -0.05) is 26.2 Å². The SMILES string of the molecule is CCC1CCCCC1NS(=O)(=O)c1cc(CO)oc1Br. The predicted octanol–water partition coefficient (Wildman–Crippen LogP) is 2.78. The molecule has 0 saturated heterocycles. The van der Waals surface area contributed by atoms with E-state index in [0.29, 0.717) is 5.92 Å². The van der Waals surface area contributed by atoms with E-state index in [0.717, 1.165) is 25.7 Å². The molecule has 1 aliphatic rings. The average Bonchev–Trinajstić information content (AvgIpc) is 2.81. The molecule has 5 nitrogen and oxygen atoms in total. The van der Waals surface area contributed by atoms with Gasteiger partial charge in [-0.2, -0.15) is 0 Å². The number of sulfonamides is 1. The summed E-state index contributed by atoms with van der Waals surface area (Å²) in [6.07, 6.45) is 5.14. The van der Waals surface area contributed by atoms with Gasteiger partial charge in [0, 0.05) is 12.1 Å². The highest BCUT2D eigenvalue weighted by molar-refractivity contribution is 9.10. The minimum Gasteiger partial charge on any atom is -0.450 e. The Labute approximate surface area is 127 Å². The van der Waals surface area contributed by atoms with E-state index >= 15 is 0 Å². The van der Waals surface area contributed by atoms with Crippen LogP contribution in [0.25, 0.3) is 0 Å². The van der Waals surface area contributed by atoms with Gasteiger partial charge in [0.1, 0.15) is 17.3 Å². The van der Waals surface area contributed by atoms with Gasteiger partial charge in [0.2, 0.25) is 10.0 Å². The molecule has 1 aliphatic carbocycles. The van der Waals surface area contributed by atoms with Crippen molar-refractivity contribution in [3.05, 3.63) is 16.5 Å². The highest BCUT2D eigenvalue weighted by Gasteiger charge is 2.30. The summed E-state index contributed by atoms with van der Waals surface area (Å²) in [6.45, 7) is 1.77. The van der Waals surface area contributed by atoms with E-state index < -0.39 is 10.0 Å².